The van der Waals surface area contributed by atoms with E-state index < -0.39 is 0 Å². The second kappa shape index (κ2) is 4.73. The van der Waals surface area contributed by atoms with Gasteiger partial charge in [-0.3, -0.25) is 0 Å². The van der Waals surface area contributed by atoms with E-state index in [1.165, 1.54) is 4.88 Å². The van der Waals surface area contributed by atoms with Crippen molar-refractivity contribution in [2.45, 2.75) is 13.5 Å². The highest BCUT2D eigenvalue weighted by Gasteiger charge is 2.00. The van der Waals surface area contributed by atoms with Crippen LogP contribution in [-0.2, 0) is 6.54 Å². The maximum absolute atomic E-state index is 8.70. The van der Waals surface area contributed by atoms with Gasteiger partial charge in [-0.25, -0.2) is 9.97 Å². The number of rotatable bonds is 3. The van der Waals surface area contributed by atoms with Crippen molar-refractivity contribution in [2.75, 3.05) is 5.32 Å². The molecule has 5 heteroatoms. The van der Waals surface area contributed by atoms with Gasteiger partial charge >= 0.3 is 0 Å². The number of anilines is 1. The monoisotopic (exact) mass is 230 g/mol. The summed E-state index contributed by atoms with van der Waals surface area (Å²) in [6.07, 6.45) is 1.85. The van der Waals surface area contributed by atoms with Crippen LogP contribution in [0.5, 0.6) is 0 Å². The van der Waals surface area contributed by atoms with Crippen molar-refractivity contribution in [3.63, 3.8) is 0 Å². The van der Waals surface area contributed by atoms with Crippen molar-refractivity contribution in [3.8, 4) is 6.07 Å². The predicted octanol–water partition coefficient (Wildman–Crippen LogP) is 2.33. The third-order valence-corrected chi connectivity index (χ3v) is 2.87. The van der Waals surface area contributed by atoms with Gasteiger partial charge in [0.15, 0.2) is 0 Å². The number of pyridine rings is 1. The van der Waals surface area contributed by atoms with Crippen LogP contribution < -0.4 is 5.32 Å². The molecule has 0 saturated heterocycles. The van der Waals surface area contributed by atoms with Gasteiger partial charge in [-0.05, 0) is 19.1 Å². The topological polar surface area (TPSA) is 61.6 Å². The van der Waals surface area contributed by atoms with Gasteiger partial charge in [-0.1, -0.05) is 6.07 Å². The average Bonchev–Trinajstić information content (AvgIpc) is 2.73. The van der Waals surface area contributed by atoms with Crippen LogP contribution in [-0.4, -0.2) is 9.97 Å². The SMILES string of the molecule is Cc1cnc(CNc2cccc(C#N)n2)s1. The molecule has 2 rings (SSSR count). The Morgan fingerprint density at radius 1 is 1.50 bits per heavy atom. The number of aryl methyl sites for hydroxylation is 1. The second-order valence-electron chi connectivity index (χ2n) is 3.24. The molecule has 0 spiro atoms. The fourth-order valence-corrected chi connectivity index (χ4v) is 1.97. The Labute approximate surface area is 97.6 Å². The number of hydrogen-bond donors (Lipinski definition) is 1. The summed E-state index contributed by atoms with van der Waals surface area (Å²) in [7, 11) is 0. The van der Waals surface area contributed by atoms with E-state index >= 15 is 0 Å². The van der Waals surface area contributed by atoms with Gasteiger partial charge in [-0.15, -0.1) is 11.3 Å². The van der Waals surface area contributed by atoms with Crippen LogP contribution >= 0.6 is 11.3 Å². The van der Waals surface area contributed by atoms with Crippen molar-refractivity contribution in [1.29, 1.82) is 5.26 Å². The standard InChI is InChI=1S/C11H10N4S/c1-8-6-14-11(16-8)7-13-10-4-2-3-9(5-12)15-10/h2-4,6H,7H2,1H3,(H,13,15). The number of thiazole rings is 1. The van der Waals surface area contributed by atoms with Crippen LogP contribution in [0.3, 0.4) is 0 Å². The third kappa shape index (κ3) is 2.55. The van der Waals surface area contributed by atoms with Gasteiger partial charge in [0, 0.05) is 11.1 Å². The first-order valence-electron chi connectivity index (χ1n) is 4.80. The molecule has 0 amide bonds. The lowest BCUT2D eigenvalue weighted by molar-refractivity contribution is 1.07. The molecule has 0 radical (unpaired) electrons. The van der Waals surface area contributed by atoms with E-state index in [2.05, 4.69) is 15.3 Å². The van der Waals surface area contributed by atoms with Crippen LogP contribution in [0.25, 0.3) is 0 Å². The van der Waals surface area contributed by atoms with Crippen molar-refractivity contribution >= 4 is 17.2 Å². The Bertz CT molecular complexity index is 527. The molecule has 80 valence electrons. The molecule has 0 aliphatic rings. The molecular weight excluding hydrogens is 220 g/mol. The Kier molecular flexibility index (Phi) is 3.13. The molecule has 4 nitrogen and oxygen atoms in total. The van der Waals surface area contributed by atoms with Crippen LogP contribution in [0.15, 0.2) is 24.4 Å². The van der Waals surface area contributed by atoms with Crippen LogP contribution in [0.1, 0.15) is 15.6 Å². The van der Waals surface area contributed by atoms with E-state index in [-0.39, 0.29) is 0 Å². The highest BCUT2D eigenvalue weighted by molar-refractivity contribution is 7.11. The van der Waals surface area contributed by atoms with Gasteiger partial charge in [0.1, 0.15) is 22.6 Å². The van der Waals surface area contributed by atoms with Gasteiger partial charge in [-0.2, -0.15) is 5.26 Å². The van der Waals surface area contributed by atoms with E-state index in [4.69, 9.17) is 5.26 Å². The van der Waals surface area contributed by atoms with Gasteiger partial charge in [0.05, 0.1) is 6.54 Å². The molecule has 1 N–H and O–H groups in total. The predicted molar refractivity (Wildman–Crippen MR) is 63.1 cm³/mol. The fraction of sp³-hybridized carbons (Fsp3) is 0.182. The first kappa shape index (κ1) is 10.6. The van der Waals surface area contributed by atoms with Crippen molar-refractivity contribution < 1.29 is 0 Å². The molecule has 0 atom stereocenters. The molecule has 0 aliphatic carbocycles. The molecule has 16 heavy (non-hydrogen) atoms. The molecule has 0 aliphatic heterocycles. The molecule has 0 unspecified atom stereocenters. The second-order valence-corrected chi connectivity index (χ2v) is 4.56. The zero-order chi connectivity index (χ0) is 11.4. The number of nitriles is 1. The Balaban J connectivity index is 2.02. The van der Waals surface area contributed by atoms with Gasteiger partial charge < -0.3 is 5.32 Å². The summed E-state index contributed by atoms with van der Waals surface area (Å²) in [4.78, 5) is 9.54. The molecule has 0 saturated carbocycles. The Morgan fingerprint density at radius 2 is 2.38 bits per heavy atom. The molecule has 0 aromatic carbocycles. The van der Waals surface area contributed by atoms with Gasteiger partial charge in [0.2, 0.25) is 0 Å². The lowest BCUT2D eigenvalue weighted by Crippen LogP contribution is -2.01. The highest BCUT2D eigenvalue weighted by Crippen LogP contribution is 2.13. The van der Waals surface area contributed by atoms with E-state index in [1.807, 2.05) is 25.3 Å². The number of nitrogens with zero attached hydrogens (tertiary/aromatic N) is 3. The summed E-state index contributed by atoms with van der Waals surface area (Å²) in [5.74, 6) is 0.701. The number of hydrogen-bond acceptors (Lipinski definition) is 5. The van der Waals surface area contributed by atoms with E-state index in [1.54, 1.807) is 23.5 Å². The third-order valence-electron chi connectivity index (χ3n) is 1.95. The normalized spacial score (nSPS) is 9.75. The summed E-state index contributed by atoms with van der Waals surface area (Å²) in [6, 6.07) is 7.33. The lowest BCUT2D eigenvalue weighted by Gasteiger charge is -2.02. The molecule has 2 aromatic heterocycles. The summed E-state index contributed by atoms with van der Waals surface area (Å²) in [5, 5.41) is 12.9. The maximum Gasteiger partial charge on any atom is 0.142 e. The minimum Gasteiger partial charge on any atom is -0.364 e. The van der Waals surface area contributed by atoms with Crippen molar-refractivity contribution in [3.05, 3.63) is 40.0 Å². The lowest BCUT2D eigenvalue weighted by atomic mass is 10.3. The minimum absolute atomic E-state index is 0.417. The van der Waals surface area contributed by atoms with Crippen LogP contribution in [0.4, 0.5) is 5.82 Å². The summed E-state index contributed by atoms with van der Waals surface area (Å²) in [6.45, 7) is 2.66. The van der Waals surface area contributed by atoms with E-state index in [0.717, 1.165) is 5.01 Å². The zero-order valence-corrected chi connectivity index (χ0v) is 9.58. The maximum atomic E-state index is 8.70. The molecule has 2 heterocycles. The molecular formula is C11H10N4S. The fourth-order valence-electron chi connectivity index (χ4n) is 1.24. The largest absolute Gasteiger partial charge is 0.364 e. The highest BCUT2D eigenvalue weighted by atomic mass is 32.1. The quantitative estimate of drug-likeness (QED) is 0.879. The molecule has 2 aromatic rings. The number of aromatic nitrogens is 2. The Hall–Kier alpha value is -1.93. The Morgan fingerprint density at radius 3 is 3.06 bits per heavy atom. The first-order valence-corrected chi connectivity index (χ1v) is 5.62. The smallest absolute Gasteiger partial charge is 0.142 e. The van der Waals surface area contributed by atoms with Crippen LogP contribution in [0.2, 0.25) is 0 Å². The summed E-state index contributed by atoms with van der Waals surface area (Å²) >= 11 is 1.65. The summed E-state index contributed by atoms with van der Waals surface area (Å²) < 4.78 is 0. The first-order chi connectivity index (χ1) is 7.78. The van der Waals surface area contributed by atoms with Gasteiger partial charge in [0.25, 0.3) is 0 Å². The van der Waals surface area contributed by atoms with Crippen LogP contribution in [0, 0.1) is 18.3 Å². The van der Waals surface area contributed by atoms with E-state index in [9.17, 15) is 0 Å². The molecule has 0 fully saturated rings. The van der Waals surface area contributed by atoms with Crippen molar-refractivity contribution in [1.82, 2.24) is 9.97 Å². The number of nitrogens with one attached hydrogen (secondary N) is 1. The molecule has 0 bridgehead atoms. The summed E-state index contributed by atoms with van der Waals surface area (Å²) in [5.41, 5.74) is 0.417. The van der Waals surface area contributed by atoms with Crippen molar-refractivity contribution in [2.24, 2.45) is 0 Å². The van der Waals surface area contributed by atoms with E-state index in [0.29, 0.717) is 18.1 Å². The minimum atomic E-state index is 0.417. The zero-order valence-electron chi connectivity index (χ0n) is 8.77. The average molecular weight is 230 g/mol.